The number of carbonyl (C=O) groups is 2. The number of nitrogens with one attached hydrogen (secondary N) is 2. The van der Waals surface area contributed by atoms with Crippen molar-refractivity contribution in [3.8, 4) is 17.1 Å². The van der Waals surface area contributed by atoms with Gasteiger partial charge in [-0.15, -0.1) is 0 Å². The van der Waals surface area contributed by atoms with Gasteiger partial charge in [-0.2, -0.15) is 4.98 Å². The minimum Gasteiger partial charge on any atom is -0.497 e. The summed E-state index contributed by atoms with van der Waals surface area (Å²) in [5.74, 6) is 1.26. The molecule has 0 radical (unpaired) electrons. The maximum Gasteiger partial charge on any atom is 0.253 e. The van der Waals surface area contributed by atoms with E-state index in [1.807, 2.05) is 30.3 Å². The Balaban J connectivity index is 1.17. The van der Waals surface area contributed by atoms with Gasteiger partial charge in [0.25, 0.3) is 5.91 Å². The molecule has 5 rings (SSSR count). The molecule has 3 aromatic rings. The third kappa shape index (κ3) is 6.38. The van der Waals surface area contributed by atoms with E-state index in [1.165, 1.54) is 0 Å². The summed E-state index contributed by atoms with van der Waals surface area (Å²) in [7, 11) is 1.62. The second-order valence-corrected chi connectivity index (χ2v) is 9.69. The number of hydrogen-bond donors (Lipinski definition) is 2. The van der Waals surface area contributed by atoms with Crippen LogP contribution in [0.5, 0.6) is 5.75 Å². The zero-order valence-electron chi connectivity index (χ0n) is 21.5. The second kappa shape index (κ2) is 12.2. The number of carbonyl (C=O) groups excluding carboxylic acids is 2. The molecule has 2 aromatic carbocycles. The van der Waals surface area contributed by atoms with Crippen molar-refractivity contribution in [3.05, 3.63) is 60.0 Å². The summed E-state index contributed by atoms with van der Waals surface area (Å²) in [4.78, 5) is 32.7. The quantitative estimate of drug-likeness (QED) is 0.441. The molecule has 0 spiro atoms. The van der Waals surface area contributed by atoms with Crippen molar-refractivity contribution in [2.45, 2.75) is 38.3 Å². The van der Waals surface area contributed by atoms with E-state index < -0.39 is 0 Å². The molecule has 200 valence electrons. The zero-order chi connectivity index (χ0) is 26.3. The molecule has 2 unspecified atom stereocenters. The predicted molar refractivity (Wildman–Crippen MR) is 141 cm³/mol. The Bertz CT molecular complexity index is 1240. The molecule has 2 fully saturated rings. The number of likely N-dealkylation sites (tertiary alicyclic amines) is 1. The van der Waals surface area contributed by atoms with E-state index in [1.54, 1.807) is 25.3 Å². The molecule has 2 atom stereocenters. The van der Waals surface area contributed by atoms with Crippen molar-refractivity contribution >= 4 is 17.5 Å². The lowest BCUT2D eigenvalue weighted by molar-refractivity contribution is -0.121. The van der Waals surface area contributed by atoms with Crippen LogP contribution in [0.4, 0.5) is 5.69 Å². The summed E-state index contributed by atoms with van der Waals surface area (Å²) < 4.78 is 16.3. The molecule has 10 heteroatoms. The highest BCUT2D eigenvalue weighted by Gasteiger charge is 2.28. The fraction of sp³-hybridized carbons (Fsp3) is 0.429. The summed E-state index contributed by atoms with van der Waals surface area (Å²) >= 11 is 0. The molecule has 0 bridgehead atoms. The average Bonchev–Trinajstić information content (AvgIpc) is 3.65. The van der Waals surface area contributed by atoms with Crippen molar-refractivity contribution in [3.63, 3.8) is 0 Å². The van der Waals surface area contributed by atoms with Gasteiger partial charge in [0.1, 0.15) is 5.75 Å². The highest BCUT2D eigenvalue weighted by Crippen LogP contribution is 2.24. The van der Waals surface area contributed by atoms with Gasteiger partial charge in [-0.1, -0.05) is 17.3 Å². The van der Waals surface area contributed by atoms with Crippen LogP contribution in [0.1, 0.15) is 41.9 Å². The zero-order valence-corrected chi connectivity index (χ0v) is 21.5. The van der Waals surface area contributed by atoms with Gasteiger partial charge in [0.15, 0.2) is 0 Å². The number of amides is 2. The Morgan fingerprint density at radius 3 is 2.74 bits per heavy atom. The van der Waals surface area contributed by atoms with Crippen molar-refractivity contribution in [1.29, 1.82) is 0 Å². The van der Waals surface area contributed by atoms with Gasteiger partial charge in [-0.3, -0.25) is 14.5 Å². The molecule has 0 aliphatic carbocycles. The molecule has 2 saturated heterocycles. The third-order valence-electron chi connectivity index (χ3n) is 7.00. The summed E-state index contributed by atoms with van der Waals surface area (Å²) in [5, 5.41) is 10.0. The van der Waals surface area contributed by atoms with Gasteiger partial charge < -0.3 is 24.6 Å². The van der Waals surface area contributed by atoms with Gasteiger partial charge in [0.05, 0.1) is 36.9 Å². The predicted octanol–water partition coefficient (Wildman–Crippen LogP) is 3.50. The Hall–Kier alpha value is -3.76. The van der Waals surface area contributed by atoms with E-state index >= 15 is 0 Å². The number of piperidine rings is 1. The first-order valence-corrected chi connectivity index (χ1v) is 13.1. The number of aromatic nitrogens is 2. The fourth-order valence-corrected chi connectivity index (χ4v) is 4.91. The minimum atomic E-state index is -0.217. The lowest BCUT2D eigenvalue weighted by Crippen LogP contribution is -2.40. The number of methoxy groups -OCH3 is 1. The number of anilines is 1. The van der Waals surface area contributed by atoms with Crippen LogP contribution >= 0.6 is 0 Å². The number of para-hydroxylation sites is 1. The van der Waals surface area contributed by atoms with Crippen LogP contribution in [-0.4, -0.2) is 66.3 Å². The number of hydrogen-bond acceptors (Lipinski definition) is 8. The van der Waals surface area contributed by atoms with E-state index in [2.05, 4.69) is 25.7 Å². The molecule has 2 N–H and O–H groups in total. The summed E-state index contributed by atoms with van der Waals surface area (Å²) in [6, 6.07) is 14.6. The smallest absolute Gasteiger partial charge is 0.253 e. The molecule has 38 heavy (non-hydrogen) atoms. The maximum absolute atomic E-state index is 13.2. The van der Waals surface area contributed by atoms with Gasteiger partial charge in [-0.25, -0.2) is 0 Å². The Morgan fingerprint density at radius 1 is 1.11 bits per heavy atom. The molecule has 1 aromatic heterocycles. The molecule has 10 nitrogen and oxygen atoms in total. The lowest BCUT2D eigenvalue weighted by Gasteiger charge is -2.31. The van der Waals surface area contributed by atoms with Crippen molar-refractivity contribution in [2.75, 3.05) is 38.7 Å². The topological polar surface area (TPSA) is 119 Å². The van der Waals surface area contributed by atoms with Crippen molar-refractivity contribution < 1.29 is 23.6 Å². The van der Waals surface area contributed by atoms with Crippen LogP contribution in [0.25, 0.3) is 11.4 Å². The van der Waals surface area contributed by atoms with Gasteiger partial charge in [-0.05, 0) is 68.6 Å². The highest BCUT2D eigenvalue weighted by molar-refractivity contribution is 6.04. The van der Waals surface area contributed by atoms with Gasteiger partial charge >= 0.3 is 0 Å². The Labute approximate surface area is 221 Å². The van der Waals surface area contributed by atoms with Crippen LogP contribution in [0.15, 0.2) is 53.1 Å². The Kier molecular flexibility index (Phi) is 8.30. The molecule has 2 aliphatic heterocycles. The van der Waals surface area contributed by atoms with Gasteiger partial charge in [0.2, 0.25) is 17.6 Å². The monoisotopic (exact) mass is 519 g/mol. The summed E-state index contributed by atoms with van der Waals surface area (Å²) in [6.45, 7) is 3.08. The second-order valence-electron chi connectivity index (χ2n) is 9.69. The largest absolute Gasteiger partial charge is 0.497 e. The number of benzene rings is 2. The molecule has 3 heterocycles. The number of ether oxygens (including phenoxy) is 2. The number of nitrogens with zero attached hydrogens (tertiary/aromatic N) is 3. The standard InChI is InChI=1S/C28H33N5O5/c1-36-21-12-10-19(11-13-21)26-31-25(38-32-26)18-33-14-4-6-20(17-33)27(34)30-24-9-3-2-8-23(24)28(35)29-16-22-7-5-15-37-22/h2-3,8-13,20,22H,4-7,14-18H2,1H3,(H,29,35)(H,30,34). The molecule has 2 amide bonds. The van der Waals surface area contributed by atoms with E-state index in [4.69, 9.17) is 14.0 Å². The SMILES string of the molecule is COc1ccc(-c2noc(CN3CCCC(C(=O)Nc4ccccc4C(=O)NCC4CCCO4)C3)n2)cc1. The molecule has 2 aliphatic rings. The van der Waals surface area contributed by atoms with Crippen LogP contribution in [0.3, 0.4) is 0 Å². The third-order valence-corrected chi connectivity index (χ3v) is 7.00. The Morgan fingerprint density at radius 2 is 1.95 bits per heavy atom. The maximum atomic E-state index is 13.2. The normalized spacial score (nSPS) is 19.7. The minimum absolute atomic E-state index is 0.0556. The van der Waals surface area contributed by atoms with Crippen LogP contribution in [-0.2, 0) is 16.1 Å². The average molecular weight is 520 g/mol. The van der Waals surface area contributed by atoms with Gasteiger partial charge in [0, 0.05) is 25.3 Å². The van der Waals surface area contributed by atoms with E-state index in [-0.39, 0.29) is 23.8 Å². The van der Waals surface area contributed by atoms with Crippen molar-refractivity contribution in [2.24, 2.45) is 5.92 Å². The molecule has 0 saturated carbocycles. The fourth-order valence-electron chi connectivity index (χ4n) is 4.91. The highest BCUT2D eigenvalue weighted by atomic mass is 16.5. The summed E-state index contributed by atoms with van der Waals surface area (Å²) in [6.07, 6.45) is 3.67. The van der Waals surface area contributed by atoms with E-state index in [0.717, 1.165) is 50.1 Å². The van der Waals surface area contributed by atoms with Crippen LogP contribution in [0.2, 0.25) is 0 Å². The molecular formula is C28H33N5O5. The first-order valence-electron chi connectivity index (χ1n) is 13.1. The number of rotatable bonds is 9. The first-order chi connectivity index (χ1) is 18.6. The summed E-state index contributed by atoms with van der Waals surface area (Å²) in [5.41, 5.74) is 1.80. The van der Waals surface area contributed by atoms with E-state index in [9.17, 15) is 9.59 Å². The molecular weight excluding hydrogens is 486 g/mol. The van der Waals surface area contributed by atoms with Crippen LogP contribution < -0.4 is 15.4 Å². The first kappa shape index (κ1) is 25.9. The van der Waals surface area contributed by atoms with Crippen LogP contribution in [0, 0.1) is 5.92 Å². The lowest BCUT2D eigenvalue weighted by atomic mass is 9.96. The van der Waals surface area contributed by atoms with Crippen molar-refractivity contribution in [1.82, 2.24) is 20.4 Å². The van der Waals surface area contributed by atoms with E-state index in [0.29, 0.717) is 42.6 Å².